The molecule has 8 nitrogen and oxygen atoms in total. The third-order valence-corrected chi connectivity index (χ3v) is 7.35. The summed E-state index contributed by atoms with van der Waals surface area (Å²) >= 11 is 0. The molecule has 3 heterocycles. The number of benzene rings is 3. The fraction of sp³-hybridized carbons (Fsp3) is 0.300. The first-order valence-electron chi connectivity index (χ1n) is 12.6. The standard InChI is InChI=1S/C30H26O8/c1-16(31)26-29-24(15-25(34)38-29)37-30(26)28(18-10-6-3-7-11-18)35-19-12-20(32)27-21(33)14-22(36-23(27)13-19)17-8-4-2-5-9-17/h2-13,22,24,26,28-30,32H,14-15H2,1H3/t22-,24+,26+,28+,29-,30-/m0/s1. The minimum Gasteiger partial charge on any atom is -0.507 e. The van der Waals surface area contributed by atoms with Gasteiger partial charge < -0.3 is 24.1 Å². The van der Waals surface area contributed by atoms with Crippen LogP contribution >= 0.6 is 0 Å². The van der Waals surface area contributed by atoms with Gasteiger partial charge in [0.05, 0.1) is 18.8 Å². The van der Waals surface area contributed by atoms with Crippen LogP contribution in [-0.2, 0) is 19.1 Å². The lowest BCUT2D eigenvalue weighted by molar-refractivity contribution is -0.146. The highest BCUT2D eigenvalue weighted by Crippen LogP contribution is 2.46. The number of ketones is 2. The summed E-state index contributed by atoms with van der Waals surface area (Å²) in [6.07, 6.45) is -3.04. The van der Waals surface area contributed by atoms with Crippen molar-refractivity contribution in [2.75, 3.05) is 0 Å². The van der Waals surface area contributed by atoms with E-state index in [9.17, 15) is 19.5 Å². The molecule has 6 atom stereocenters. The Bertz CT molecular complexity index is 1390. The number of ether oxygens (including phenoxy) is 4. The number of carbonyl (C=O) groups excluding carboxylic acids is 3. The van der Waals surface area contributed by atoms with Crippen LogP contribution in [0.5, 0.6) is 17.2 Å². The van der Waals surface area contributed by atoms with Crippen LogP contribution in [0.2, 0.25) is 0 Å². The van der Waals surface area contributed by atoms with Gasteiger partial charge in [0.1, 0.15) is 53.0 Å². The maximum absolute atomic E-state index is 12.9. The number of phenolic OH excluding ortho intramolecular Hbond substituents is 1. The fourth-order valence-electron chi connectivity index (χ4n) is 5.63. The summed E-state index contributed by atoms with van der Waals surface area (Å²) in [7, 11) is 0. The highest BCUT2D eigenvalue weighted by molar-refractivity contribution is 6.02. The molecule has 3 aliphatic heterocycles. The molecule has 0 saturated carbocycles. The molecule has 0 amide bonds. The number of phenols is 1. The zero-order valence-electron chi connectivity index (χ0n) is 20.6. The second-order valence-corrected chi connectivity index (χ2v) is 9.84. The Balaban J connectivity index is 1.35. The lowest BCUT2D eigenvalue weighted by Crippen LogP contribution is -2.37. The lowest BCUT2D eigenvalue weighted by atomic mass is 9.87. The molecule has 0 radical (unpaired) electrons. The zero-order valence-corrected chi connectivity index (χ0v) is 20.6. The van der Waals surface area contributed by atoms with Gasteiger partial charge in [-0.2, -0.15) is 0 Å². The van der Waals surface area contributed by atoms with Crippen molar-refractivity contribution in [2.24, 2.45) is 5.92 Å². The van der Waals surface area contributed by atoms with Gasteiger partial charge in [-0.15, -0.1) is 0 Å². The van der Waals surface area contributed by atoms with Gasteiger partial charge in [0.15, 0.2) is 11.9 Å². The van der Waals surface area contributed by atoms with E-state index in [1.54, 1.807) is 6.07 Å². The average molecular weight is 515 g/mol. The number of hydrogen-bond acceptors (Lipinski definition) is 8. The Morgan fingerprint density at radius 3 is 2.39 bits per heavy atom. The van der Waals surface area contributed by atoms with Crippen molar-refractivity contribution in [2.45, 2.75) is 50.3 Å². The van der Waals surface area contributed by atoms with Crippen LogP contribution in [0.4, 0.5) is 0 Å². The highest BCUT2D eigenvalue weighted by Gasteiger charge is 2.56. The van der Waals surface area contributed by atoms with E-state index in [1.165, 1.54) is 13.0 Å². The fourth-order valence-corrected chi connectivity index (χ4v) is 5.63. The van der Waals surface area contributed by atoms with Crippen LogP contribution in [0, 0.1) is 5.92 Å². The van der Waals surface area contributed by atoms with Crippen molar-refractivity contribution in [1.82, 2.24) is 0 Å². The van der Waals surface area contributed by atoms with Crippen LogP contribution in [0.25, 0.3) is 0 Å². The van der Waals surface area contributed by atoms with Gasteiger partial charge in [-0.25, -0.2) is 0 Å². The summed E-state index contributed by atoms with van der Waals surface area (Å²) in [5.41, 5.74) is 1.71. The van der Waals surface area contributed by atoms with Crippen LogP contribution in [0.3, 0.4) is 0 Å². The summed E-state index contributed by atoms with van der Waals surface area (Å²) in [6, 6.07) is 21.6. The van der Waals surface area contributed by atoms with E-state index in [1.807, 2.05) is 60.7 Å². The van der Waals surface area contributed by atoms with Crippen LogP contribution in [0.1, 0.15) is 53.5 Å². The Hall–Kier alpha value is -4.17. The molecule has 0 bridgehead atoms. The van der Waals surface area contributed by atoms with E-state index in [4.69, 9.17) is 18.9 Å². The number of hydrogen-bond donors (Lipinski definition) is 1. The summed E-state index contributed by atoms with van der Waals surface area (Å²) in [5, 5.41) is 10.8. The first-order valence-corrected chi connectivity index (χ1v) is 12.6. The molecule has 3 aromatic carbocycles. The van der Waals surface area contributed by atoms with Crippen molar-refractivity contribution < 1.29 is 38.4 Å². The molecular formula is C30H26O8. The molecule has 0 unspecified atom stereocenters. The first kappa shape index (κ1) is 24.2. The number of rotatable bonds is 6. The van der Waals surface area contributed by atoms with E-state index in [2.05, 4.69) is 0 Å². The molecule has 2 fully saturated rings. The Labute approximate surface area is 219 Å². The van der Waals surface area contributed by atoms with Crippen LogP contribution < -0.4 is 9.47 Å². The van der Waals surface area contributed by atoms with Gasteiger partial charge in [-0.1, -0.05) is 60.7 Å². The number of carbonyl (C=O) groups is 3. The van der Waals surface area contributed by atoms with Crippen LogP contribution in [-0.4, -0.2) is 41.0 Å². The van der Waals surface area contributed by atoms with Gasteiger partial charge in [0, 0.05) is 12.1 Å². The van der Waals surface area contributed by atoms with Crippen molar-refractivity contribution in [3.63, 3.8) is 0 Å². The third kappa shape index (κ3) is 4.31. The second kappa shape index (κ2) is 9.61. The second-order valence-electron chi connectivity index (χ2n) is 9.84. The maximum atomic E-state index is 12.9. The van der Waals surface area contributed by atoms with Crippen molar-refractivity contribution in [1.29, 1.82) is 0 Å². The Morgan fingerprint density at radius 2 is 1.68 bits per heavy atom. The number of fused-ring (bicyclic) bond motifs is 2. The summed E-state index contributed by atoms with van der Waals surface area (Å²) in [4.78, 5) is 37.5. The summed E-state index contributed by atoms with van der Waals surface area (Å²) < 4.78 is 24.2. The number of Topliss-reactive ketones (excluding diaryl/α,β-unsaturated/α-hetero) is 2. The molecule has 2 saturated heterocycles. The predicted molar refractivity (Wildman–Crippen MR) is 134 cm³/mol. The Kier molecular flexibility index (Phi) is 6.12. The van der Waals surface area contributed by atoms with Gasteiger partial charge >= 0.3 is 5.97 Å². The molecule has 0 aromatic heterocycles. The minimum atomic E-state index is -0.768. The van der Waals surface area contributed by atoms with Crippen molar-refractivity contribution in [3.05, 3.63) is 89.5 Å². The molecule has 6 rings (SSSR count). The molecule has 0 spiro atoms. The van der Waals surface area contributed by atoms with Gasteiger partial charge in [0.2, 0.25) is 0 Å². The van der Waals surface area contributed by atoms with Crippen molar-refractivity contribution >= 4 is 17.5 Å². The maximum Gasteiger partial charge on any atom is 0.308 e. The molecule has 3 aliphatic rings. The molecule has 8 heteroatoms. The molecule has 0 aliphatic carbocycles. The van der Waals surface area contributed by atoms with E-state index < -0.39 is 42.4 Å². The molecule has 1 N–H and O–H groups in total. The van der Waals surface area contributed by atoms with Gasteiger partial charge in [-0.05, 0) is 18.1 Å². The monoisotopic (exact) mass is 514 g/mol. The lowest BCUT2D eigenvalue weighted by Gasteiger charge is -2.30. The third-order valence-electron chi connectivity index (χ3n) is 7.35. The van der Waals surface area contributed by atoms with Crippen molar-refractivity contribution in [3.8, 4) is 17.2 Å². The largest absolute Gasteiger partial charge is 0.507 e. The molecule has 3 aromatic rings. The quantitative estimate of drug-likeness (QED) is 0.479. The van der Waals surface area contributed by atoms with Gasteiger partial charge in [0.25, 0.3) is 0 Å². The predicted octanol–water partition coefficient (Wildman–Crippen LogP) is 4.51. The molecule has 38 heavy (non-hydrogen) atoms. The average Bonchev–Trinajstić information content (AvgIpc) is 3.43. The van der Waals surface area contributed by atoms with E-state index >= 15 is 0 Å². The van der Waals surface area contributed by atoms with E-state index in [-0.39, 0.29) is 47.2 Å². The zero-order chi connectivity index (χ0) is 26.4. The molecule has 194 valence electrons. The highest BCUT2D eigenvalue weighted by atomic mass is 16.6. The van der Waals surface area contributed by atoms with Crippen LogP contribution in [0.15, 0.2) is 72.8 Å². The minimum absolute atomic E-state index is 0.0723. The summed E-state index contributed by atoms with van der Waals surface area (Å²) in [6.45, 7) is 1.45. The topological polar surface area (TPSA) is 108 Å². The summed E-state index contributed by atoms with van der Waals surface area (Å²) in [5.74, 6) is -1.29. The smallest absolute Gasteiger partial charge is 0.308 e. The van der Waals surface area contributed by atoms with E-state index in [0.29, 0.717) is 0 Å². The number of aromatic hydroxyl groups is 1. The SMILES string of the molecule is CC(=O)[C@@H]1[C@H]2OC(=O)C[C@H]2O[C@@H]1[C@H](Oc1cc(O)c2c(c1)O[C@H](c1ccccc1)CC2=O)c1ccccc1. The molecular weight excluding hydrogens is 488 g/mol. The normalized spacial score (nSPS) is 26.6. The Morgan fingerprint density at radius 1 is 0.974 bits per heavy atom. The first-order chi connectivity index (χ1) is 18.4. The van der Waals surface area contributed by atoms with Gasteiger partial charge in [-0.3, -0.25) is 14.4 Å². The number of esters is 1. The van der Waals surface area contributed by atoms with E-state index in [0.717, 1.165) is 11.1 Å².